The van der Waals surface area contributed by atoms with E-state index in [1.807, 2.05) is 50.2 Å². The van der Waals surface area contributed by atoms with E-state index in [0.717, 1.165) is 32.3 Å². The SMILES string of the molecule is CCC(Cc1ccc(C(=O)Oc2ccc3cc([C@H](C)C(=O)Oc4ccc(C(C)=S)cc4)ccc3c2)cc1)O[N+](=O)[O-]. The monoisotopic (exact) mass is 571 g/mol. The number of nitrogens with zero attached hydrogens (tertiary/aromatic N) is 1. The van der Waals surface area contributed by atoms with Crippen LogP contribution in [-0.2, 0) is 16.1 Å². The van der Waals surface area contributed by atoms with Crippen molar-refractivity contribution in [2.24, 2.45) is 0 Å². The molecule has 0 spiro atoms. The summed E-state index contributed by atoms with van der Waals surface area (Å²) >= 11 is 5.16. The van der Waals surface area contributed by atoms with Crippen LogP contribution in [0.5, 0.6) is 11.5 Å². The average molecular weight is 572 g/mol. The molecule has 4 aromatic carbocycles. The van der Waals surface area contributed by atoms with Crippen LogP contribution in [0.2, 0.25) is 0 Å². The van der Waals surface area contributed by atoms with Gasteiger partial charge in [0.1, 0.15) is 17.6 Å². The standard InChI is InChI=1S/C32H29NO7S/c1-4-28(40-33(36)37)17-22-5-7-24(8-6-22)32(35)39-30-16-13-26-18-25(9-10-27(26)19-30)20(2)31(34)38-29-14-11-23(12-15-29)21(3)41/h5-16,18-20,28H,4,17H2,1-3H3/t20-,28?/m0/s1. The molecular formula is C32H29NO7S. The van der Waals surface area contributed by atoms with E-state index in [1.165, 1.54) is 0 Å². The third-order valence-corrected chi connectivity index (χ3v) is 6.96. The number of benzene rings is 4. The number of esters is 2. The molecule has 41 heavy (non-hydrogen) atoms. The van der Waals surface area contributed by atoms with Gasteiger partial charge in [-0.1, -0.05) is 67.7 Å². The molecule has 0 heterocycles. The molecule has 0 N–H and O–H groups in total. The van der Waals surface area contributed by atoms with Crippen LogP contribution in [0.3, 0.4) is 0 Å². The number of ether oxygens (including phenoxy) is 2. The lowest BCUT2D eigenvalue weighted by Gasteiger charge is -2.13. The predicted molar refractivity (Wildman–Crippen MR) is 159 cm³/mol. The Balaban J connectivity index is 1.39. The van der Waals surface area contributed by atoms with Gasteiger partial charge in [-0.3, -0.25) is 4.79 Å². The number of hydrogen-bond donors (Lipinski definition) is 0. The molecule has 0 bridgehead atoms. The van der Waals surface area contributed by atoms with Gasteiger partial charge in [-0.2, -0.15) is 0 Å². The minimum Gasteiger partial charge on any atom is -0.426 e. The van der Waals surface area contributed by atoms with Gasteiger partial charge in [0, 0.05) is 4.86 Å². The van der Waals surface area contributed by atoms with E-state index in [-0.39, 0.29) is 5.97 Å². The Morgan fingerprint density at radius 2 is 1.46 bits per heavy atom. The molecule has 0 saturated heterocycles. The number of carbonyl (C=O) groups is 2. The van der Waals surface area contributed by atoms with Gasteiger partial charge in [-0.05, 0) is 90.6 Å². The molecule has 0 fully saturated rings. The highest BCUT2D eigenvalue weighted by atomic mass is 32.1. The van der Waals surface area contributed by atoms with E-state index >= 15 is 0 Å². The summed E-state index contributed by atoms with van der Waals surface area (Å²) in [5.41, 5.74) is 2.88. The molecule has 4 aromatic rings. The molecule has 0 aliphatic heterocycles. The zero-order chi connectivity index (χ0) is 29.5. The first kappa shape index (κ1) is 29.4. The molecule has 0 radical (unpaired) electrons. The third kappa shape index (κ3) is 7.73. The van der Waals surface area contributed by atoms with Crippen molar-refractivity contribution in [3.8, 4) is 11.5 Å². The van der Waals surface area contributed by atoms with Gasteiger partial charge in [0.05, 0.1) is 11.5 Å². The van der Waals surface area contributed by atoms with E-state index < -0.39 is 23.1 Å². The van der Waals surface area contributed by atoms with Gasteiger partial charge >= 0.3 is 11.9 Å². The molecule has 0 aliphatic rings. The summed E-state index contributed by atoms with van der Waals surface area (Å²) in [5, 5.41) is 11.6. The van der Waals surface area contributed by atoms with Crippen LogP contribution in [0.25, 0.3) is 10.8 Å². The van der Waals surface area contributed by atoms with Crippen LogP contribution in [0.4, 0.5) is 0 Å². The summed E-state index contributed by atoms with van der Waals surface area (Å²) in [4.78, 5) is 41.5. The van der Waals surface area contributed by atoms with Crippen LogP contribution in [0.1, 0.15) is 60.2 Å². The Morgan fingerprint density at radius 3 is 2.10 bits per heavy atom. The van der Waals surface area contributed by atoms with Gasteiger partial charge in [0.15, 0.2) is 0 Å². The second kappa shape index (κ2) is 13.1. The largest absolute Gasteiger partial charge is 0.426 e. The van der Waals surface area contributed by atoms with Crippen LogP contribution >= 0.6 is 12.2 Å². The van der Waals surface area contributed by atoms with E-state index in [1.54, 1.807) is 55.5 Å². The molecule has 0 amide bonds. The molecular weight excluding hydrogens is 542 g/mol. The Bertz CT molecular complexity index is 1580. The molecule has 8 nitrogen and oxygen atoms in total. The summed E-state index contributed by atoms with van der Waals surface area (Å²) in [6, 6.07) is 24.7. The first-order valence-electron chi connectivity index (χ1n) is 13.1. The number of carbonyl (C=O) groups excluding carboxylic acids is 2. The van der Waals surface area contributed by atoms with E-state index in [0.29, 0.717) is 29.9 Å². The minimum absolute atomic E-state index is 0.354. The van der Waals surface area contributed by atoms with Gasteiger partial charge < -0.3 is 14.3 Å². The number of hydrogen-bond acceptors (Lipinski definition) is 8. The quantitative estimate of drug-likeness (QED) is 0.0472. The summed E-state index contributed by atoms with van der Waals surface area (Å²) in [6.07, 6.45) is 0.296. The maximum absolute atomic E-state index is 12.8. The molecule has 9 heteroatoms. The summed E-state index contributed by atoms with van der Waals surface area (Å²) in [7, 11) is 0. The molecule has 0 saturated carbocycles. The highest BCUT2D eigenvalue weighted by Crippen LogP contribution is 2.27. The second-order valence-corrected chi connectivity index (χ2v) is 10.3. The highest BCUT2D eigenvalue weighted by molar-refractivity contribution is 7.80. The Hall–Kier alpha value is -4.63. The summed E-state index contributed by atoms with van der Waals surface area (Å²) < 4.78 is 11.1. The lowest BCUT2D eigenvalue weighted by Crippen LogP contribution is -2.19. The fourth-order valence-electron chi connectivity index (χ4n) is 4.26. The van der Waals surface area contributed by atoms with E-state index in [2.05, 4.69) is 4.84 Å². The van der Waals surface area contributed by atoms with Crippen LogP contribution in [0.15, 0.2) is 84.9 Å². The normalized spacial score (nSPS) is 12.3. The van der Waals surface area contributed by atoms with Crippen molar-refractivity contribution in [1.82, 2.24) is 0 Å². The van der Waals surface area contributed by atoms with Crippen molar-refractivity contribution in [3.63, 3.8) is 0 Å². The third-order valence-electron chi connectivity index (χ3n) is 6.72. The Kier molecular flexibility index (Phi) is 9.41. The smallest absolute Gasteiger partial charge is 0.343 e. The zero-order valence-corrected chi connectivity index (χ0v) is 23.7. The predicted octanol–water partition coefficient (Wildman–Crippen LogP) is 7.04. The topological polar surface area (TPSA) is 105 Å². The molecule has 210 valence electrons. The van der Waals surface area contributed by atoms with Crippen molar-refractivity contribution in [2.75, 3.05) is 0 Å². The lowest BCUT2D eigenvalue weighted by atomic mass is 9.98. The first-order valence-corrected chi connectivity index (χ1v) is 13.5. The fraction of sp³-hybridized carbons (Fsp3) is 0.219. The van der Waals surface area contributed by atoms with Crippen molar-refractivity contribution in [3.05, 3.63) is 117 Å². The number of fused-ring (bicyclic) bond motifs is 1. The maximum atomic E-state index is 12.8. The first-order chi connectivity index (χ1) is 19.6. The minimum atomic E-state index is -0.788. The summed E-state index contributed by atoms with van der Waals surface area (Å²) in [6.45, 7) is 5.44. The molecule has 4 rings (SSSR count). The maximum Gasteiger partial charge on any atom is 0.343 e. The highest BCUT2D eigenvalue weighted by Gasteiger charge is 2.19. The van der Waals surface area contributed by atoms with Crippen LogP contribution in [-0.4, -0.2) is 28.0 Å². The van der Waals surface area contributed by atoms with Gasteiger partial charge in [0.2, 0.25) is 0 Å². The van der Waals surface area contributed by atoms with Gasteiger partial charge in [-0.15, -0.1) is 10.1 Å². The Labute approximate surface area is 243 Å². The molecule has 0 aromatic heterocycles. The number of rotatable bonds is 11. The van der Waals surface area contributed by atoms with Crippen LogP contribution in [0, 0.1) is 10.1 Å². The van der Waals surface area contributed by atoms with Crippen molar-refractivity contribution in [1.29, 1.82) is 0 Å². The van der Waals surface area contributed by atoms with Crippen LogP contribution < -0.4 is 9.47 Å². The molecule has 1 unspecified atom stereocenters. The zero-order valence-electron chi connectivity index (χ0n) is 22.9. The number of thiocarbonyl (C=S) groups is 1. The van der Waals surface area contributed by atoms with E-state index in [9.17, 15) is 19.7 Å². The second-order valence-electron chi connectivity index (χ2n) is 9.64. The van der Waals surface area contributed by atoms with Gasteiger partial charge in [0.25, 0.3) is 5.09 Å². The van der Waals surface area contributed by atoms with E-state index in [4.69, 9.17) is 21.7 Å². The lowest BCUT2D eigenvalue weighted by molar-refractivity contribution is -0.768. The van der Waals surface area contributed by atoms with Crippen molar-refractivity contribution >= 4 is 39.8 Å². The van der Waals surface area contributed by atoms with Crippen molar-refractivity contribution < 1.29 is 29.0 Å². The fourth-order valence-corrected chi connectivity index (χ4v) is 4.39. The molecule has 2 atom stereocenters. The Morgan fingerprint density at radius 1 is 0.854 bits per heavy atom. The average Bonchev–Trinajstić information content (AvgIpc) is 2.96. The van der Waals surface area contributed by atoms with Crippen molar-refractivity contribution in [2.45, 2.75) is 45.6 Å². The molecule has 0 aliphatic carbocycles. The summed E-state index contributed by atoms with van der Waals surface area (Å²) in [5.74, 6) is -0.551. The van der Waals surface area contributed by atoms with Gasteiger partial charge in [-0.25, -0.2) is 4.79 Å².